The highest BCUT2D eigenvalue weighted by Gasteiger charge is 2.10. The van der Waals surface area contributed by atoms with E-state index in [1.165, 1.54) is 6.07 Å². The Labute approximate surface area is 112 Å². The first kappa shape index (κ1) is 13.0. The van der Waals surface area contributed by atoms with Crippen molar-refractivity contribution in [2.45, 2.75) is 20.0 Å². The molecule has 1 N–H and O–H groups in total. The van der Waals surface area contributed by atoms with Gasteiger partial charge in [-0.2, -0.15) is 0 Å². The SMILES string of the molecule is CCn1cncc1CNc1c(F)cc(F)cc1Br. The second kappa shape index (κ2) is 5.48. The maximum atomic E-state index is 13.6. The number of aryl methyl sites for hydroxylation is 1. The average Bonchev–Trinajstić information content (AvgIpc) is 2.75. The highest BCUT2D eigenvalue weighted by Crippen LogP contribution is 2.27. The minimum Gasteiger partial charge on any atom is -0.376 e. The average molecular weight is 316 g/mol. The Hall–Kier alpha value is -1.43. The van der Waals surface area contributed by atoms with Gasteiger partial charge in [-0.1, -0.05) is 0 Å². The largest absolute Gasteiger partial charge is 0.376 e. The van der Waals surface area contributed by atoms with Crippen LogP contribution in [-0.4, -0.2) is 9.55 Å². The molecular weight excluding hydrogens is 304 g/mol. The molecule has 0 atom stereocenters. The minimum atomic E-state index is -0.621. The monoisotopic (exact) mass is 315 g/mol. The Kier molecular flexibility index (Phi) is 3.96. The molecule has 0 spiro atoms. The van der Waals surface area contributed by atoms with Crippen molar-refractivity contribution in [3.8, 4) is 0 Å². The molecule has 0 bridgehead atoms. The van der Waals surface area contributed by atoms with Gasteiger partial charge in [0, 0.05) is 23.3 Å². The standard InChI is InChI=1S/C12H12BrF2N3/c1-2-18-7-16-5-9(18)6-17-12-10(13)3-8(14)4-11(12)15/h3-5,7,17H,2,6H2,1H3. The van der Waals surface area contributed by atoms with Gasteiger partial charge in [-0.05, 0) is 28.9 Å². The Morgan fingerprint density at radius 3 is 2.83 bits per heavy atom. The lowest BCUT2D eigenvalue weighted by atomic mass is 10.3. The second-order valence-electron chi connectivity index (χ2n) is 3.77. The second-order valence-corrected chi connectivity index (χ2v) is 4.62. The molecule has 0 aliphatic carbocycles. The quantitative estimate of drug-likeness (QED) is 0.935. The van der Waals surface area contributed by atoms with Crippen molar-refractivity contribution in [1.29, 1.82) is 0 Å². The van der Waals surface area contributed by atoms with Crippen LogP contribution in [0.15, 0.2) is 29.1 Å². The summed E-state index contributed by atoms with van der Waals surface area (Å²) in [5, 5.41) is 2.94. The molecule has 96 valence electrons. The Bertz CT molecular complexity index is 531. The third-order valence-electron chi connectivity index (χ3n) is 2.59. The summed E-state index contributed by atoms with van der Waals surface area (Å²) in [6.07, 6.45) is 3.43. The Morgan fingerprint density at radius 1 is 1.39 bits per heavy atom. The third-order valence-corrected chi connectivity index (χ3v) is 3.22. The number of imidazole rings is 1. The van der Waals surface area contributed by atoms with Crippen LogP contribution in [0.3, 0.4) is 0 Å². The van der Waals surface area contributed by atoms with Crippen LogP contribution in [0, 0.1) is 11.6 Å². The molecule has 0 fully saturated rings. The molecule has 6 heteroatoms. The molecule has 18 heavy (non-hydrogen) atoms. The van der Waals surface area contributed by atoms with Crippen molar-refractivity contribution < 1.29 is 8.78 Å². The van der Waals surface area contributed by atoms with Crippen molar-refractivity contribution in [2.75, 3.05) is 5.32 Å². The number of anilines is 1. The van der Waals surface area contributed by atoms with Gasteiger partial charge in [0.05, 0.1) is 24.3 Å². The number of benzene rings is 1. The van der Waals surface area contributed by atoms with E-state index in [2.05, 4.69) is 26.2 Å². The van der Waals surface area contributed by atoms with E-state index in [9.17, 15) is 8.78 Å². The lowest BCUT2D eigenvalue weighted by Crippen LogP contribution is -2.07. The van der Waals surface area contributed by atoms with Crippen LogP contribution in [0.1, 0.15) is 12.6 Å². The molecule has 1 aromatic heterocycles. The highest BCUT2D eigenvalue weighted by molar-refractivity contribution is 9.10. The number of hydrogen-bond acceptors (Lipinski definition) is 2. The van der Waals surface area contributed by atoms with E-state index in [-0.39, 0.29) is 5.69 Å². The van der Waals surface area contributed by atoms with Crippen LogP contribution >= 0.6 is 15.9 Å². The van der Waals surface area contributed by atoms with Gasteiger partial charge in [0.2, 0.25) is 0 Å². The molecule has 0 aliphatic rings. The topological polar surface area (TPSA) is 29.9 Å². The maximum absolute atomic E-state index is 13.6. The van der Waals surface area contributed by atoms with Gasteiger partial charge in [0.25, 0.3) is 0 Å². The number of nitrogens with zero attached hydrogens (tertiary/aromatic N) is 2. The molecule has 3 nitrogen and oxygen atoms in total. The predicted molar refractivity (Wildman–Crippen MR) is 69.3 cm³/mol. The highest BCUT2D eigenvalue weighted by atomic mass is 79.9. The first-order valence-corrected chi connectivity index (χ1v) is 6.28. The summed E-state index contributed by atoms with van der Waals surface area (Å²) < 4.78 is 28.8. The Balaban J connectivity index is 2.16. The molecule has 0 aliphatic heterocycles. The van der Waals surface area contributed by atoms with Crippen LogP contribution in [0.5, 0.6) is 0 Å². The number of hydrogen-bond donors (Lipinski definition) is 1. The van der Waals surface area contributed by atoms with Gasteiger partial charge in [-0.15, -0.1) is 0 Å². The van der Waals surface area contributed by atoms with E-state index >= 15 is 0 Å². The summed E-state index contributed by atoms with van der Waals surface area (Å²) in [5.74, 6) is -1.23. The summed E-state index contributed by atoms with van der Waals surface area (Å²) in [4.78, 5) is 4.02. The summed E-state index contributed by atoms with van der Waals surface area (Å²) in [7, 11) is 0. The molecule has 1 aromatic carbocycles. The molecule has 0 saturated carbocycles. The van der Waals surface area contributed by atoms with Gasteiger partial charge in [0.1, 0.15) is 11.6 Å². The van der Waals surface area contributed by atoms with E-state index < -0.39 is 11.6 Å². The van der Waals surface area contributed by atoms with E-state index in [1.54, 1.807) is 12.5 Å². The molecule has 0 radical (unpaired) electrons. The number of nitrogens with one attached hydrogen (secondary N) is 1. The normalized spacial score (nSPS) is 10.7. The predicted octanol–water partition coefficient (Wildman–Crippen LogP) is 3.56. The van der Waals surface area contributed by atoms with Gasteiger partial charge in [0.15, 0.2) is 0 Å². The molecule has 2 aromatic rings. The minimum absolute atomic E-state index is 0.250. The van der Waals surface area contributed by atoms with Crippen molar-refractivity contribution in [2.24, 2.45) is 0 Å². The van der Waals surface area contributed by atoms with E-state index in [4.69, 9.17) is 0 Å². The first-order chi connectivity index (χ1) is 8.61. The van der Waals surface area contributed by atoms with E-state index in [1.807, 2.05) is 11.5 Å². The van der Waals surface area contributed by atoms with E-state index in [0.29, 0.717) is 11.0 Å². The van der Waals surface area contributed by atoms with Gasteiger partial charge < -0.3 is 9.88 Å². The summed E-state index contributed by atoms with van der Waals surface area (Å²) >= 11 is 3.13. The fourth-order valence-electron chi connectivity index (χ4n) is 1.67. The number of halogens is 3. The molecule has 0 unspecified atom stereocenters. The van der Waals surface area contributed by atoms with Gasteiger partial charge in [-0.25, -0.2) is 13.8 Å². The van der Waals surface area contributed by atoms with Crippen molar-refractivity contribution in [3.63, 3.8) is 0 Å². The molecule has 2 rings (SSSR count). The lowest BCUT2D eigenvalue weighted by Gasteiger charge is -2.11. The fraction of sp³-hybridized carbons (Fsp3) is 0.250. The Morgan fingerprint density at radius 2 is 2.17 bits per heavy atom. The summed E-state index contributed by atoms with van der Waals surface area (Å²) in [6, 6.07) is 2.08. The lowest BCUT2D eigenvalue weighted by molar-refractivity contribution is 0.583. The van der Waals surface area contributed by atoms with Crippen LogP contribution < -0.4 is 5.32 Å². The van der Waals surface area contributed by atoms with Crippen LogP contribution in [0.2, 0.25) is 0 Å². The molecule has 1 heterocycles. The maximum Gasteiger partial charge on any atom is 0.150 e. The zero-order valence-electron chi connectivity index (χ0n) is 9.75. The summed E-state index contributed by atoms with van der Waals surface area (Å²) in [5.41, 5.74) is 1.19. The number of rotatable bonds is 4. The summed E-state index contributed by atoms with van der Waals surface area (Å²) in [6.45, 7) is 3.22. The van der Waals surface area contributed by atoms with Crippen LogP contribution in [-0.2, 0) is 13.1 Å². The first-order valence-electron chi connectivity index (χ1n) is 5.49. The van der Waals surface area contributed by atoms with Crippen molar-refractivity contribution in [1.82, 2.24) is 9.55 Å². The zero-order valence-corrected chi connectivity index (χ0v) is 11.3. The van der Waals surface area contributed by atoms with Crippen molar-refractivity contribution in [3.05, 3.63) is 46.5 Å². The third kappa shape index (κ3) is 2.69. The smallest absolute Gasteiger partial charge is 0.150 e. The molecular formula is C12H12BrF2N3. The van der Waals surface area contributed by atoms with E-state index in [0.717, 1.165) is 18.3 Å². The van der Waals surface area contributed by atoms with Crippen molar-refractivity contribution >= 4 is 21.6 Å². The zero-order chi connectivity index (χ0) is 13.1. The molecule has 0 saturated heterocycles. The number of aromatic nitrogens is 2. The fourth-order valence-corrected chi connectivity index (χ4v) is 2.22. The van der Waals surface area contributed by atoms with Crippen LogP contribution in [0.4, 0.5) is 14.5 Å². The van der Waals surface area contributed by atoms with Gasteiger partial charge in [-0.3, -0.25) is 0 Å². The van der Waals surface area contributed by atoms with Crippen LogP contribution in [0.25, 0.3) is 0 Å². The molecule has 0 amide bonds. The van der Waals surface area contributed by atoms with Gasteiger partial charge >= 0.3 is 0 Å².